The lowest BCUT2D eigenvalue weighted by Gasteiger charge is -2.43. The van der Waals surface area contributed by atoms with Crippen LogP contribution in [0.25, 0.3) is 0 Å². The second-order valence-corrected chi connectivity index (χ2v) is 5.47. The highest BCUT2D eigenvalue weighted by molar-refractivity contribution is 5.89. The van der Waals surface area contributed by atoms with E-state index in [1.165, 1.54) is 12.1 Å². The number of halogens is 1. The Morgan fingerprint density at radius 1 is 1.38 bits per heavy atom. The molecule has 1 aromatic rings. The fourth-order valence-corrected chi connectivity index (χ4v) is 2.88. The highest BCUT2D eigenvalue weighted by Gasteiger charge is 2.47. The number of carbonyl (C=O) groups excluding carboxylic acids is 1. The Morgan fingerprint density at radius 3 is 2.57 bits per heavy atom. The van der Waals surface area contributed by atoms with Crippen LogP contribution < -0.4 is 0 Å². The number of carbonyl (C=O) groups is 2. The fourth-order valence-electron chi connectivity index (χ4n) is 2.88. The number of nitrogens with zero attached hydrogens (tertiary/aromatic N) is 1. The number of amides is 1. The van der Waals surface area contributed by atoms with Crippen LogP contribution in [0.4, 0.5) is 4.39 Å². The molecule has 0 aliphatic heterocycles. The molecule has 1 fully saturated rings. The van der Waals surface area contributed by atoms with Crippen molar-refractivity contribution in [3.05, 3.63) is 35.6 Å². The van der Waals surface area contributed by atoms with Gasteiger partial charge in [0.05, 0.1) is 11.8 Å². The van der Waals surface area contributed by atoms with Crippen LogP contribution in [0.1, 0.15) is 38.2 Å². The molecule has 0 atom stereocenters. The minimum Gasteiger partial charge on any atom is -0.481 e. The van der Waals surface area contributed by atoms with Gasteiger partial charge in [-0.05, 0) is 37.5 Å². The van der Waals surface area contributed by atoms with E-state index < -0.39 is 11.4 Å². The number of hydrogen-bond acceptors (Lipinski definition) is 2. The maximum atomic E-state index is 13.5. The molecule has 0 unspecified atom stereocenters. The second-order valence-electron chi connectivity index (χ2n) is 5.47. The number of likely N-dealkylation sites (N-methyl/N-ethyl adjacent to an activating group) is 1. The predicted octanol–water partition coefficient (Wildman–Crippen LogP) is 2.57. The Hall–Kier alpha value is -1.91. The molecule has 1 saturated carbocycles. The van der Waals surface area contributed by atoms with E-state index >= 15 is 0 Å². The fraction of sp³-hybridized carbons (Fsp3) is 0.500. The van der Waals surface area contributed by atoms with Crippen molar-refractivity contribution in [3.63, 3.8) is 0 Å². The quantitative estimate of drug-likeness (QED) is 0.877. The topological polar surface area (TPSA) is 57.6 Å². The zero-order chi connectivity index (χ0) is 15.5. The van der Waals surface area contributed by atoms with Gasteiger partial charge in [-0.3, -0.25) is 9.59 Å². The van der Waals surface area contributed by atoms with Crippen LogP contribution in [0.2, 0.25) is 0 Å². The maximum absolute atomic E-state index is 13.5. The standard InChI is InChI=1S/C16H20FNO3/c1-2-18(10-7-14(19)20)15(21)16(8-4-9-16)12-5-3-6-13(17)11-12/h3,5-6,11H,2,4,7-10H2,1H3,(H,19,20). The number of hydrogen-bond donors (Lipinski definition) is 1. The second kappa shape index (κ2) is 6.24. The minimum absolute atomic E-state index is 0.0706. The number of carboxylic acid groups (broad SMARTS) is 1. The summed E-state index contributed by atoms with van der Waals surface area (Å²) in [6.07, 6.45) is 2.25. The lowest BCUT2D eigenvalue weighted by atomic mass is 9.63. The monoisotopic (exact) mass is 293 g/mol. The molecule has 1 aliphatic carbocycles. The number of aliphatic carboxylic acids is 1. The van der Waals surface area contributed by atoms with E-state index in [0.29, 0.717) is 24.9 Å². The molecule has 0 bridgehead atoms. The van der Waals surface area contributed by atoms with Crippen molar-refractivity contribution in [3.8, 4) is 0 Å². The number of rotatable bonds is 6. The van der Waals surface area contributed by atoms with Crippen molar-refractivity contribution in [1.29, 1.82) is 0 Å². The van der Waals surface area contributed by atoms with E-state index in [-0.39, 0.29) is 24.7 Å². The lowest BCUT2D eigenvalue weighted by molar-refractivity contribution is -0.142. The van der Waals surface area contributed by atoms with Gasteiger partial charge in [0.15, 0.2) is 0 Å². The number of benzene rings is 1. The summed E-state index contributed by atoms with van der Waals surface area (Å²) in [6, 6.07) is 6.18. The van der Waals surface area contributed by atoms with Gasteiger partial charge in [0.2, 0.25) is 5.91 Å². The average Bonchev–Trinajstić information content (AvgIpc) is 2.38. The van der Waals surface area contributed by atoms with E-state index in [1.807, 2.05) is 6.92 Å². The third kappa shape index (κ3) is 3.06. The minimum atomic E-state index is -0.922. The van der Waals surface area contributed by atoms with Crippen molar-refractivity contribution in [1.82, 2.24) is 4.90 Å². The Labute approximate surface area is 123 Å². The van der Waals surface area contributed by atoms with Crippen LogP contribution in [0.5, 0.6) is 0 Å². The maximum Gasteiger partial charge on any atom is 0.305 e. The average molecular weight is 293 g/mol. The van der Waals surface area contributed by atoms with Gasteiger partial charge in [0.1, 0.15) is 5.82 Å². The summed E-state index contributed by atoms with van der Waals surface area (Å²) in [5, 5.41) is 8.78. The van der Waals surface area contributed by atoms with E-state index in [9.17, 15) is 14.0 Å². The smallest absolute Gasteiger partial charge is 0.305 e. The van der Waals surface area contributed by atoms with Crippen molar-refractivity contribution >= 4 is 11.9 Å². The first-order valence-electron chi connectivity index (χ1n) is 7.27. The first-order valence-corrected chi connectivity index (χ1v) is 7.27. The molecule has 1 aliphatic rings. The summed E-state index contributed by atoms with van der Waals surface area (Å²) >= 11 is 0. The SMILES string of the molecule is CCN(CCC(=O)O)C(=O)C1(c2cccc(F)c2)CCC1. The Balaban J connectivity index is 2.22. The molecular formula is C16H20FNO3. The van der Waals surface area contributed by atoms with E-state index in [0.717, 1.165) is 6.42 Å². The first kappa shape index (κ1) is 15.5. The zero-order valence-corrected chi connectivity index (χ0v) is 12.1. The Morgan fingerprint density at radius 2 is 2.10 bits per heavy atom. The van der Waals surface area contributed by atoms with Crippen molar-refractivity contribution in [2.24, 2.45) is 0 Å². The summed E-state index contributed by atoms with van der Waals surface area (Å²) in [5.74, 6) is -1.35. The molecule has 1 N–H and O–H groups in total. The molecule has 0 heterocycles. The van der Waals surface area contributed by atoms with Gasteiger partial charge in [0, 0.05) is 13.1 Å². The molecule has 0 radical (unpaired) electrons. The Kier molecular flexibility index (Phi) is 4.60. The third-order valence-electron chi connectivity index (χ3n) is 4.26. The highest BCUT2D eigenvalue weighted by atomic mass is 19.1. The lowest BCUT2D eigenvalue weighted by Crippen LogP contribution is -2.51. The van der Waals surface area contributed by atoms with Gasteiger partial charge >= 0.3 is 5.97 Å². The van der Waals surface area contributed by atoms with Gasteiger partial charge in [-0.1, -0.05) is 18.6 Å². The molecule has 5 heteroatoms. The first-order chi connectivity index (χ1) is 9.99. The molecule has 114 valence electrons. The van der Waals surface area contributed by atoms with Crippen LogP contribution in [0.3, 0.4) is 0 Å². The van der Waals surface area contributed by atoms with Gasteiger partial charge in [-0.15, -0.1) is 0 Å². The molecule has 2 rings (SSSR count). The normalized spacial score (nSPS) is 16.1. The molecule has 0 aromatic heterocycles. The van der Waals surface area contributed by atoms with Gasteiger partial charge < -0.3 is 10.0 Å². The summed E-state index contributed by atoms with van der Waals surface area (Å²) in [6.45, 7) is 2.49. The molecule has 1 amide bonds. The van der Waals surface area contributed by atoms with Crippen LogP contribution in [-0.4, -0.2) is 35.0 Å². The van der Waals surface area contributed by atoms with Crippen LogP contribution >= 0.6 is 0 Å². The molecular weight excluding hydrogens is 273 g/mol. The van der Waals surface area contributed by atoms with Gasteiger partial charge in [-0.25, -0.2) is 4.39 Å². The van der Waals surface area contributed by atoms with Crippen molar-refractivity contribution in [2.75, 3.05) is 13.1 Å². The molecule has 0 spiro atoms. The predicted molar refractivity (Wildman–Crippen MR) is 76.4 cm³/mol. The molecule has 4 nitrogen and oxygen atoms in total. The van der Waals surface area contributed by atoms with Gasteiger partial charge in [-0.2, -0.15) is 0 Å². The van der Waals surface area contributed by atoms with Crippen LogP contribution in [-0.2, 0) is 15.0 Å². The molecule has 0 saturated heterocycles. The summed E-state index contributed by atoms with van der Waals surface area (Å²) in [5.41, 5.74) is 0.0314. The van der Waals surface area contributed by atoms with Crippen LogP contribution in [0, 0.1) is 5.82 Å². The van der Waals surface area contributed by atoms with Crippen molar-refractivity contribution < 1.29 is 19.1 Å². The summed E-state index contributed by atoms with van der Waals surface area (Å²) in [7, 11) is 0. The molecule has 21 heavy (non-hydrogen) atoms. The molecule has 1 aromatic carbocycles. The largest absolute Gasteiger partial charge is 0.481 e. The third-order valence-corrected chi connectivity index (χ3v) is 4.26. The van der Waals surface area contributed by atoms with Gasteiger partial charge in [0.25, 0.3) is 0 Å². The number of carboxylic acids is 1. The van der Waals surface area contributed by atoms with E-state index in [4.69, 9.17) is 5.11 Å². The summed E-state index contributed by atoms with van der Waals surface area (Å²) in [4.78, 5) is 25.1. The van der Waals surface area contributed by atoms with E-state index in [2.05, 4.69) is 0 Å². The zero-order valence-electron chi connectivity index (χ0n) is 12.1. The Bertz CT molecular complexity index is 540. The van der Waals surface area contributed by atoms with Crippen molar-refractivity contribution in [2.45, 2.75) is 38.0 Å². The highest BCUT2D eigenvalue weighted by Crippen LogP contribution is 2.45. The van der Waals surface area contributed by atoms with E-state index in [1.54, 1.807) is 17.0 Å². The van der Waals surface area contributed by atoms with Crippen LogP contribution in [0.15, 0.2) is 24.3 Å². The summed E-state index contributed by atoms with van der Waals surface area (Å²) < 4.78 is 13.5.